The van der Waals surface area contributed by atoms with Crippen molar-refractivity contribution in [1.82, 2.24) is 19.7 Å². The third-order valence-electron chi connectivity index (χ3n) is 4.30. The summed E-state index contributed by atoms with van der Waals surface area (Å²) in [5.41, 5.74) is 2.63. The number of hydrogen-bond acceptors (Lipinski definition) is 6. The van der Waals surface area contributed by atoms with Gasteiger partial charge in [0.25, 0.3) is 0 Å². The number of halogens is 1. The lowest BCUT2D eigenvalue weighted by Gasteiger charge is -2.08. The van der Waals surface area contributed by atoms with Crippen LogP contribution in [0.3, 0.4) is 0 Å². The van der Waals surface area contributed by atoms with E-state index in [1.54, 1.807) is 6.08 Å². The summed E-state index contributed by atoms with van der Waals surface area (Å²) in [4.78, 5) is 17.0. The van der Waals surface area contributed by atoms with Gasteiger partial charge in [-0.2, -0.15) is 0 Å². The number of anilines is 1. The number of thiazole rings is 1. The normalized spacial score (nSPS) is 10.7. The molecule has 0 aliphatic carbocycles. The molecule has 0 radical (unpaired) electrons. The Morgan fingerprint density at radius 2 is 1.94 bits per heavy atom. The molecule has 0 unspecified atom stereocenters. The maximum atomic E-state index is 12.5. The number of aromatic nitrogens is 4. The van der Waals surface area contributed by atoms with Gasteiger partial charge < -0.3 is 5.32 Å². The number of rotatable bonds is 8. The number of allylic oxidation sites excluding steroid dienone is 1. The zero-order valence-electron chi connectivity index (χ0n) is 16.4. The molecule has 2 heterocycles. The largest absolute Gasteiger partial charge is 0.301 e. The molecule has 156 valence electrons. The lowest BCUT2D eigenvalue weighted by molar-refractivity contribution is -0.113. The SMILES string of the molecule is C=CCn1c(SCC(=O)Nc2nc(-c3ccccc3)cs2)nnc1-c1ccccc1Cl. The molecule has 4 rings (SSSR count). The van der Waals surface area contributed by atoms with Gasteiger partial charge in [0.05, 0.1) is 16.5 Å². The Hall–Kier alpha value is -2.94. The van der Waals surface area contributed by atoms with Crippen LogP contribution in [0.5, 0.6) is 0 Å². The van der Waals surface area contributed by atoms with Crippen LogP contribution in [-0.4, -0.2) is 31.4 Å². The number of amides is 1. The third kappa shape index (κ3) is 5.04. The summed E-state index contributed by atoms with van der Waals surface area (Å²) >= 11 is 9.02. The van der Waals surface area contributed by atoms with Gasteiger partial charge >= 0.3 is 0 Å². The van der Waals surface area contributed by atoms with E-state index < -0.39 is 0 Å². The Morgan fingerprint density at radius 3 is 2.71 bits per heavy atom. The maximum Gasteiger partial charge on any atom is 0.236 e. The van der Waals surface area contributed by atoms with Gasteiger partial charge in [0.1, 0.15) is 0 Å². The second kappa shape index (κ2) is 9.91. The minimum Gasteiger partial charge on any atom is -0.301 e. The van der Waals surface area contributed by atoms with Crippen molar-refractivity contribution >= 4 is 45.7 Å². The van der Waals surface area contributed by atoms with Crippen molar-refractivity contribution in [2.45, 2.75) is 11.7 Å². The van der Waals surface area contributed by atoms with Gasteiger partial charge in [-0.15, -0.1) is 28.1 Å². The molecule has 2 aromatic heterocycles. The highest BCUT2D eigenvalue weighted by Gasteiger charge is 2.17. The van der Waals surface area contributed by atoms with Crippen LogP contribution in [0, 0.1) is 0 Å². The highest BCUT2D eigenvalue weighted by atomic mass is 35.5. The molecular weight excluding hydrogens is 450 g/mol. The van der Waals surface area contributed by atoms with Crippen molar-refractivity contribution in [3.8, 4) is 22.6 Å². The van der Waals surface area contributed by atoms with Crippen LogP contribution in [0.2, 0.25) is 5.02 Å². The smallest absolute Gasteiger partial charge is 0.236 e. The minimum atomic E-state index is -0.161. The fourth-order valence-corrected chi connectivity index (χ4v) is 4.59. The topological polar surface area (TPSA) is 72.7 Å². The molecule has 0 saturated heterocycles. The summed E-state index contributed by atoms with van der Waals surface area (Å²) in [6.07, 6.45) is 1.76. The van der Waals surface area contributed by atoms with Crippen molar-refractivity contribution in [3.05, 3.63) is 77.7 Å². The van der Waals surface area contributed by atoms with Crippen molar-refractivity contribution in [2.24, 2.45) is 0 Å². The fourth-order valence-electron chi connectivity index (χ4n) is 2.89. The summed E-state index contributed by atoms with van der Waals surface area (Å²) in [6.45, 7) is 4.31. The van der Waals surface area contributed by atoms with Crippen LogP contribution in [-0.2, 0) is 11.3 Å². The lowest BCUT2D eigenvalue weighted by Crippen LogP contribution is -2.14. The van der Waals surface area contributed by atoms with Gasteiger partial charge in [-0.3, -0.25) is 9.36 Å². The second-order valence-corrected chi connectivity index (χ2v) is 8.63. The molecule has 0 aliphatic heterocycles. The number of nitrogens with zero attached hydrogens (tertiary/aromatic N) is 4. The van der Waals surface area contributed by atoms with E-state index in [1.165, 1.54) is 23.1 Å². The molecule has 0 spiro atoms. The first kappa shape index (κ1) is 21.3. The van der Waals surface area contributed by atoms with E-state index in [0.717, 1.165) is 16.8 Å². The van der Waals surface area contributed by atoms with Gasteiger partial charge in [-0.25, -0.2) is 4.98 Å². The number of nitrogens with one attached hydrogen (secondary N) is 1. The monoisotopic (exact) mass is 467 g/mol. The van der Waals surface area contributed by atoms with Crippen molar-refractivity contribution in [3.63, 3.8) is 0 Å². The molecule has 9 heteroatoms. The molecule has 1 N–H and O–H groups in total. The molecule has 2 aromatic carbocycles. The van der Waals surface area contributed by atoms with Crippen LogP contribution in [0.1, 0.15) is 0 Å². The molecule has 31 heavy (non-hydrogen) atoms. The summed E-state index contributed by atoms with van der Waals surface area (Å²) in [6, 6.07) is 17.3. The Morgan fingerprint density at radius 1 is 1.16 bits per heavy atom. The Bertz CT molecular complexity index is 1210. The first-order chi connectivity index (χ1) is 15.2. The van der Waals surface area contributed by atoms with Gasteiger partial charge in [-0.05, 0) is 12.1 Å². The first-order valence-electron chi connectivity index (χ1n) is 9.38. The van der Waals surface area contributed by atoms with E-state index in [2.05, 4.69) is 27.1 Å². The number of carbonyl (C=O) groups excluding carboxylic acids is 1. The average Bonchev–Trinajstić information content (AvgIpc) is 3.41. The minimum absolute atomic E-state index is 0.161. The molecular formula is C22H18ClN5OS2. The third-order valence-corrected chi connectivity index (χ3v) is 6.35. The van der Waals surface area contributed by atoms with Gasteiger partial charge in [0.2, 0.25) is 5.91 Å². The van der Waals surface area contributed by atoms with Crippen molar-refractivity contribution < 1.29 is 4.79 Å². The van der Waals surface area contributed by atoms with Crippen LogP contribution < -0.4 is 5.32 Å². The number of hydrogen-bond donors (Lipinski definition) is 1. The molecule has 0 bridgehead atoms. The highest BCUT2D eigenvalue weighted by Crippen LogP contribution is 2.29. The molecule has 0 aliphatic rings. The van der Waals surface area contributed by atoms with Crippen molar-refractivity contribution in [2.75, 3.05) is 11.1 Å². The molecule has 1 amide bonds. The predicted octanol–water partition coefficient (Wildman–Crippen LogP) is 5.64. The number of carbonyl (C=O) groups is 1. The zero-order valence-corrected chi connectivity index (χ0v) is 18.8. The fraction of sp³-hybridized carbons (Fsp3) is 0.0909. The standard InChI is InChI=1S/C22H18ClN5OS2/c1-2-12-28-20(16-10-6-7-11-17(16)23)26-27-22(28)31-14-19(29)25-21-24-18(13-30-21)15-8-4-3-5-9-15/h2-11,13H,1,12,14H2,(H,24,25,29). The van der Waals surface area contributed by atoms with E-state index in [-0.39, 0.29) is 11.7 Å². The summed E-state index contributed by atoms with van der Waals surface area (Å²) in [5.74, 6) is 0.658. The van der Waals surface area contributed by atoms with E-state index in [1.807, 2.05) is 64.5 Å². The van der Waals surface area contributed by atoms with Crippen LogP contribution >= 0.6 is 34.7 Å². The summed E-state index contributed by atoms with van der Waals surface area (Å²) in [5, 5.41) is 15.1. The average molecular weight is 468 g/mol. The Labute approximate surface area is 193 Å². The first-order valence-corrected chi connectivity index (χ1v) is 11.6. The van der Waals surface area contributed by atoms with Crippen LogP contribution in [0.15, 0.2) is 77.8 Å². The Balaban J connectivity index is 1.43. The van der Waals surface area contributed by atoms with Gasteiger partial charge in [0, 0.05) is 23.1 Å². The second-order valence-electron chi connectivity index (χ2n) is 6.43. The molecule has 0 fully saturated rings. The van der Waals surface area contributed by atoms with Gasteiger partial charge in [0.15, 0.2) is 16.1 Å². The predicted molar refractivity (Wildman–Crippen MR) is 128 cm³/mol. The van der Waals surface area contributed by atoms with Crippen molar-refractivity contribution in [1.29, 1.82) is 0 Å². The summed E-state index contributed by atoms with van der Waals surface area (Å²) in [7, 11) is 0. The van der Waals surface area contributed by atoms with E-state index >= 15 is 0 Å². The molecule has 6 nitrogen and oxygen atoms in total. The van der Waals surface area contributed by atoms with E-state index in [0.29, 0.717) is 27.7 Å². The number of benzene rings is 2. The highest BCUT2D eigenvalue weighted by molar-refractivity contribution is 7.99. The van der Waals surface area contributed by atoms with E-state index in [4.69, 9.17) is 11.6 Å². The molecule has 4 aromatic rings. The molecule has 0 saturated carbocycles. The maximum absolute atomic E-state index is 12.5. The van der Waals surface area contributed by atoms with Gasteiger partial charge in [-0.1, -0.05) is 71.9 Å². The Kier molecular flexibility index (Phi) is 6.81. The quantitative estimate of drug-likeness (QED) is 0.268. The lowest BCUT2D eigenvalue weighted by atomic mass is 10.2. The van der Waals surface area contributed by atoms with Crippen LogP contribution in [0.25, 0.3) is 22.6 Å². The zero-order chi connectivity index (χ0) is 21.6. The van der Waals surface area contributed by atoms with E-state index in [9.17, 15) is 4.79 Å². The van der Waals surface area contributed by atoms with Crippen LogP contribution in [0.4, 0.5) is 5.13 Å². The summed E-state index contributed by atoms with van der Waals surface area (Å²) < 4.78 is 1.89. The number of thioether (sulfide) groups is 1. The molecule has 0 atom stereocenters.